The van der Waals surface area contributed by atoms with Crippen LogP contribution in [0.2, 0.25) is 0 Å². The van der Waals surface area contributed by atoms with E-state index in [2.05, 4.69) is 17.2 Å². The standard InChI is InChI=1S/C19H23F2N3O3S/c1-3-5-6-9-24(11-17-23-16(12-28-17)18(25)27-4-2)19(26)22-13-7-8-14(20)15(21)10-13/h7-8,10,12H,3-6,9,11H2,1-2H3,(H,22,26). The Morgan fingerprint density at radius 3 is 2.68 bits per heavy atom. The monoisotopic (exact) mass is 411 g/mol. The van der Waals surface area contributed by atoms with Crippen molar-refractivity contribution in [3.63, 3.8) is 0 Å². The summed E-state index contributed by atoms with van der Waals surface area (Å²) in [5.74, 6) is -2.52. The third kappa shape index (κ3) is 6.26. The topological polar surface area (TPSA) is 71.5 Å². The Morgan fingerprint density at radius 1 is 1.21 bits per heavy atom. The Morgan fingerprint density at radius 2 is 2.00 bits per heavy atom. The molecule has 1 aromatic carbocycles. The number of urea groups is 1. The molecule has 0 atom stereocenters. The van der Waals surface area contributed by atoms with Gasteiger partial charge in [-0.05, 0) is 25.5 Å². The van der Waals surface area contributed by atoms with E-state index in [1.165, 1.54) is 22.3 Å². The highest BCUT2D eigenvalue weighted by molar-refractivity contribution is 7.09. The van der Waals surface area contributed by atoms with Gasteiger partial charge < -0.3 is 15.0 Å². The van der Waals surface area contributed by atoms with E-state index in [0.29, 0.717) is 11.6 Å². The molecule has 0 spiro atoms. The highest BCUT2D eigenvalue weighted by atomic mass is 32.1. The second-order valence-corrected chi connectivity index (χ2v) is 6.98. The van der Waals surface area contributed by atoms with Gasteiger partial charge >= 0.3 is 12.0 Å². The number of anilines is 1. The summed E-state index contributed by atoms with van der Waals surface area (Å²) in [6.07, 6.45) is 2.72. The quantitative estimate of drug-likeness (QED) is 0.474. The Hall–Kier alpha value is -2.55. The lowest BCUT2D eigenvalue weighted by atomic mass is 10.2. The second-order valence-electron chi connectivity index (χ2n) is 6.03. The molecule has 9 heteroatoms. The van der Waals surface area contributed by atoms with Crippen LogP contribution in [0.1, 0.15) is 48.6 Å². The molecule has 2 aromatic rings. The average molecular weight is 411 g/mol. The predicted octanol–water partition coefficient (Wildman–Crippen LogP) is 4.82. The molecule has 0 unspecified atom stereocenters. The number of hydrogen-bond acceptors (Lipinski definition) is 5. The number of unbranched alkanes of at least 4 members (excludes halogenated alkanes) is 2. The number of halogens is 2. The number of rotatable bonds is 9. The molecule has 0 saturated heterocycles. The van der Waals surface area contributed by atoms with Crippen molar-refractivity contribution in [2.24, 2.45) is 0 Å². The molecule has 0 radical (unpaired) electrons. The maximum atomic E-state index is 13.4. The summed E-state index contributed by atoms with van der Waals surface area (Å²) in [7, 11) is 0. The number of benzene rings is 1. The molecular formula is C19H23F2N3O3S. The van der Waals surface area contributed by atoms with Crippen molar-refractivity contribution in [2.75, 3.05) is 18.5 Å². The third-order valence-corrected chi connectivity index (χ3v) is 4.69. The number of carbonyl (C=O) groups is 2. The van der Waals surface area contributed by atoms with Gasteiger partial charge in [-0.2, -0.15) is 0 Å². The molecule has 2 rings (SSSR count). The molecule has 28 heavy (non-hydrogen) atoms. The van der Waals surface area contributed by atoms with E-state index in [1.54, 1.807) is 12.3 Å². The van der Waals surface area contributed by atoms with Gasteiger partial charge in [0.05, 0.1) is 13.2 Å². The molecule has 0 fully saturated rings. The number of nitrogens with zero attached hydrogens (tertiary/aromatic N) is 2. The van der Waals surface area contributed by atoms with Crippen molar-refractivity contribution in [1.29, 1.82) is 0 Å². The lowest BCUT2D eigenvalue weighted by Gasteiger charge is -2.22. The van der Waals surface area contributed by atoms with Gasteiger partial charge in [-0.15, -0.1) is 11.3 Å². The molecule has 0 bridgehead atoms. The number of carbonyl (C=O) groups excluding carboxylic acids is 2. The molecule has 0 saturated carbocycles. The number of hydrogen-bond donors (Lipinski definition) is 1. The van der Waals surface area contributed by atoms with Crippen molar-refractivity contribution in [1.82, 2.24) is 9.88 Å². The molecular weight excluding hydrogens is 388 g/mol. The molecule has 0 aliphatic heterocycles. The van der Waals surface area contributed by atoms with Crippen LogP contribution in [0.15, 0.2) is 23.6 Å². The summed E-state index contributed by atoms with van der Waals surface area (Å²) >= 11 is 1.26. The number of nitrogens with one attached hydrogen (secondary N) is 1. The van der Waals surface area contributed by atoms with Crippen molar-refractivity contribution in [2.45, 2.75) is 39.7 Å². The van der Waals surface area contributed by atoms with Gasteiger partial charge in [-0.25, -0.2) is 23.4 Å². The van der Waals surface area contributed by atoms with Crippen molar-refractivity contribution in [3.8, 4) is 0 Å². The van der Waals surface area contributed by atoms with Crippen LogP contribution in [0, 0.1) is 11.6 Å². The van der Waals surface area contributed by atoms with E-state index in [9.17, 15) is 18.4 Å². The average Bonchev–Trinajstić information content (AvgIpc) is 3.13. The summed E-state index contributed by atoms with van der Waals surface area (Å²) in [4.78, 5) is 30.1. The van der Waals surface area contributed by atoms with Crippen LogP contribution in [0.5, 0.6) is 0 Å². The fourth-order valence-corrected chi connectivity index (χ4v) is 3.21. The fourth-order valence-electron chi connectivity index (χ4n) is 2.43. The van der Waals surface area contributed by atoms with E-state index < -0.39 is 23.6 Å². The Kier molecular flexibility index (Phi) is 8.31. The van der Waals surface area contributed by atoms with Crippen LogP contribution in [-0.2, 0) is 11.3 Å². The van der Waals surface area contributed by atoms with E-state index >= 15 is 0 Å². The van der Waals surface area contributed by atoms with Gasteiger partial charge in [-0.3, -0.25) is 0 Å². The summed E-state index contributed by atoms with van der Waals surface area (Å²) in [5.41, 5.74) is 0.368. The minimum absolute atomic E-state index is 0.163. The zero-order valence-corrected chi connectivity index (χ0v) is 16.7. The second kappa shape index (κ2) is 10.7. The van der Waals surface area contributed by atoms with Crippen LogP contribution < -0.4 is 5.32 Å². The lowest BCUT2D eigenvalue weighted by molar-refractivity contribution is 0.0520. The molecule has 2 amide bonds. The van der Waals surface area contributed by atoms with Crippen LogP contribution >= 0.6 is 11.3 Å². The van der Waals surface area contributed by atoms with Gasteiger partial charge in [0.2, 0.25) is 0 Å². The van der Waals surface area contributed by atoms with Crippen LogP contribution in [0.3, 0.4) is 0 Å². The van der Waals surface area contributed by atoms with Crippen LogP contribution in [-0.4, -0.2) is 35.0 Å². The SMILES string of the molecule is CCCCCN(Cc1nc(C(=O)OCC)cs1)C(=O)Nc1ccc(F)c(F)c1. The summed E-state index contributed by atoms with van der Waals surface area (Å²) in [6, 6.07) is 2.73. The van der Waals surface area contributed by atoms with Crippen molar-refractivity contribution in [3.05, 3.63) is 45.9 Å². The lowest BCUT2D eigenvalue weighted by Crippen LogP contribution is -2.35. The summed E-state index contributed by atoms with van der Waals surface area (Å²) < 4.78 is 31.4. The van der Waals surface area contributed by atoms with Crippen molar-refractivity contribution >= 4 is 29.0 Å². The van der Waals surface area contributed by atoms with Gasteiger partial charge in [0.1, 0.15) is 5.01 Å². The maximum Gasteiger partial charge on any atom is 0.357 e. The molecule has 6 nitrogen and oxygen atoms in total. The Bertz CT molecular complexity index is 813. The number of amides is 2. The van der Waals surface area contributed by atoms with Crippen LogP contribution in [0.4, 0.5) is 19.3 Å². The fraction of sp³-hybridized carbons (Fsp3) is 0.421. The third-order valence-electron chi connectivity index (χ3n) is 3.85. The first kappa shape index (κ1) is 21.7. The Balaban J connectivity index is 2.08. The molecule has 0 aliphatic rings. The Labute approximate surface area is 166 Å². The molecule has 0 aliphatic carbocycles. The van der Waals surface area contributed by atoms with Crippen LogP contribution in [0.25, 0.3) is 0 Å². The molecule has 1 aromatic heterocycles. The van der Waals surface area contributed by atoms with Gasteiger partial charge in [0.15, 0.2) is 17.3 Å². The summed E-state index contributed by atoms with van der Waals surface area (Å²) in [6.45, 7) is 4.69. The zero-order chi connectivity index (χ0) is 20.5. The zero-order valence-electron chi connectivity index (χ0n) is 15.8. The smallest absolute Gasteiger partial charge is 0.357 e. The van der Waals surface area contributed by atoms with Gasteiger partial charge in [-0.1, -0.05) is 19.8 Å². The normalized spacial score (nSPS) is 10.6. The minimum atomic E-state index is -1.03. The van der Waals surface area contributed by atoms with Gasteiger partial charge in [0, 0.05) is 23.7 Å². The first-order chi connectivity index (χ1) is 13.4. The molecule has 152 valence electrons. The first-order valence-corrected chi connectivity index (χ1v) is 9.95. The largest absolute Gasteiger partial charge is 0.461 e. The van der Waals surface area contributed by atoms with Crippen molar-refractivity contribution < 1.29 is 23.1 Å². The number of ether oxygens (including phenoxy) is 1. The van der Waals surface area contributed by atoms with E-state index in [0.717, 1.165) is 31.4 Å². The predicted molar refractivity (Wildman–Crippen MR) is 103 cm³/mol. The number of thiazole rings is 1. The maximum absolute atomic E-state index is 13.4. The highest BCUT2D eigenvalue weighted by Crippen LogP contribution is 2.17. The van der Waals surface area contributed by atoms with E-state index in [-0.39, 0.29) is 24.5 Å². The number of aromatic nitrogens is 1. The van der Waals surface area contributed by atoms with Gasteiger partial charge in [0.25, 0.3) is 0 Å². The number of esters is 1. The minimum Gasteiger partial charge on any atom is -0.461 e. The molecule has 1 heterocycles. The first-order valence-electron chi connectivity index (χ1n) is 9.07. The molecule has 1 N–H and O–H groups in total. The highest BCUT2D eigenvalue weighted by Gasteiger charge is 2.18. The van der Waals surface area contributed by atoms with E-state index in [1.807, 2.05) is 0 Å². The van der Waals surface area contributed by atoms with E-state index in [4.69, 9.17) is 4.74 Å². The summed E-state index contributed by atoms with van der Waals surface area (Å²) in [5, 5.41) is 4.74.